The normalized spacial score (nSPS) is 9.85. The minimum Gasteiger partial charge on any atom is -0.494 e. The predicted octanol–water partition coefficient (Wildman–Crippen LogP) is 3.94. The molecule has 2 rings (SSSR count). The summed E-state index contributed by atoms with van der Waals surface area (Å²) in [6, 6.07) is 12.7. The number of ether oxygens (including phenoxy) is 1. The third kappa shape index (κ3) is 3.14. The van der Waals surface area contributed by atoms with Crippen LogP contribution in [-0.4, -0.2) is 6.61 Å². The van der Waals surface area contributed by atoms with Gasteiger partial charge in [0.25, 0.3) is 0 Å². The average Bonchev–Trinajstić information content (AvgIpc) is 2.45. The third-order valence-electron chi connectivity index (χ3n) is 2.70. The van der Waals surface area contributed by atoms with Gasteiger partial charge in [-0.3, -0.25) is 0 Å². The molecule has 0 heterocycles. The number of hydrogen-bond acceptors (Lipinski definition) is 4. The van der Waals surface area contributed by atoms with Gasteiger partial charge in [0.05, 0.1) is 28.6 Å². The van der Waals surface area contributed by atoms with E-state index in [9.17, 15) is 0 Å². The van der Waals surface area contributed by atoms with Crippen molar-refractivity contribution in [1.29, 1.82) is 5.26 Å². The first-order valence-electron chi connectivity index (χ1n) is 6.13. The van der Waals surface area contributed by atoms with Gasteiger partial charge in [-0.25, -0.2) is 0 Å². The van der Waals surface area contributed by atoms with Crippen LogP contribution in [0.5, 0.6) is 5.75 Å². The van der Waals surface area contributed by atoms with Crippen LogP contribution in [0.3, 0.4) is 0 Å². The number of nitrogens with one attached hydrogen (secondary N) is 1. The SMILES string of the molecule is CCOc1ccc(Nc2cc(Cl)c(C#N)cc2N)cc1. The molecule has 102 valence electrons. The highest BCUT2D eigenvalue weighted by atomic mass is 35.5. The van der Waals surface area contributed by atoms with Crippen molar-refractivity contribution < 1.29 is 4.74 Å². The first kappa shape index (κ1) is 14.0. The van der Waals surface area contributed by atoms with E-state index in [4.69, 9.17) is 27.3 Å². The standard InChI is InChI=1S/C15H14ClN3O/c1-2-20-12-5-3-11(4-6-12)19-15-8-13(16)10(9-17)7-14(15)18/h3-8,19H,2,18H2,1H3. The summed E-state index contributed by atoms with van der Waals surface area (Å²) in [5, 5.41) is 12.4. The highest BCUT2D eigenvalue weighted by Gasteiger charge is 2.06. The summed E-state index contributed by atoms with van der Waals surface area (Å²) in [5.74, 6) is 0.809. The largest absolute Gasteiger partial charge is 0.494 e. The molecule has 0 amide bonds. The number of anilines is 3. The lowest BCUT2D eigenvalue weighted by Crippen LogP contribution is -1.98. The Hall–Kier alpha value is -2.38. The molecule has 0 aliphatic heterocycles. The van der Waals surface area contributed by atoms with Crippen molar-refractivity contribution in [1.82, 2.24) is 0 Å². The number of rotatable bonds is 4. The monoisotopic (exact) mass is 287 g/mol. The smallest absolute Gasteiger partial charge is 0.119 e. The maximum absolute atomic E-state index is 8.88. The molecule has 0 fully saturated rings. The maximum Gasteiger partial charge on any atom is 0.119 e. The molecule has 5 heteroatoms. The number of hydrogen-bond donors (Lipinski definition) is 2. The molecule has 0 aliphatic rings. The molecule has 4 nitrogen and oxygen atoms in total. The van der Waals surface area contributed by atoms with Gasteiger partial charge in [0, 0.05) is 5.69 Å². The van der Waals surface area contributed by atoms with Gasteiger partial charge in [0.1, 0.15) is 11.8 Å². The van der Waals surface area contributed by atoms with Crippen LogP contribution in [0.1, 0.15) is 12.5 Å². The van der Waals surface area contributed by atoms with Crippen molar-refractivity contribution in [3.63, 3.8) is 0 Å². The van der Waals surface area contributed by atoms with Gasteiger partial charge in [-0.1, -0.05) is 11.6 Å². The van der Waals surface area contributed by atoms with E-state index in [0.29, 0.717) is 28.6 Å². The van der Waals surface area contributed by atoms with Gasteiger partial charge in [-0.05, 0) is 43.3 Å². The summed E-state index contributed by atoms with van der Waals surface area (Å²) in [5.41, 5.74) is 8.26. The van der Waals surface area contributed by atoms with E-state index >= 15 is 0 Å². The molecule has 0 bridgehead atoms. The summed E-state index contributed by atoms with van der Waals surface area (Å²) in [7, 11) is 0. The van der Waals surface area contributed by atoms with Gasteiger partial charge in [0.15, 0.2) is 0 Å². The molecule has 3 N–H and O–H groups in total. The number of nitrogen functional groups attached to an aromatic ring is 1. The fraction of sp³-hybridized carbons (Fsp3) is 0.133. The van der Waals surface area contributed by atoms with Crippen LogP contribution in [0.4, 0.5) is 17.1 Å². The molecule has 0 saturated heterocycles. The van der Waals surface area contributed by atoms with E-state index < -0.39 is 0 Å². The summed E-state index contributed by atoms with van der Waals surface area (Å²) in [4.78, 5) is 0. The molecule has 20 heavy (non-hydrogen) atoms. The van der Waals surface area contributed by atoms with Crippen LogP contribution in [0, 0.1) is 11.3 Å². The molecule has 0 aromatic heterocycles. The number of nitrogens with zero attached hydrogens (tertiary/aromatic N) is 1. The van der Waals surface area contributed by atoms with Crippen molar-refractivity contribution in [2.24, 2.45) is 0 Å². The first-order valence-corrected chi connectivity index (χ1v) is 6.51. The Morgan fingerprint density at radius 3 is 2.60 bits per heavy atom. The molecular weight excluding hydrogens is 274 g/mol. The van der Waals surface area contributed by atoms with Gasteiger partial charge in [0.2, 0.25) is 0 Å². The average molecular weight is 288 g/mol. The van der Waals surface area contributed by atoms with Crippen molar-refractivity contribution in [2.75, 3.05) is 17.7 Å². The van der Waals surface area contributed by atoms with Crippen LogP contribution in [0.15, 0.2) is 36.4 Å². The van der Waals surface area contributed by atoms with Crippen LogP contribution < -0.4 is 15.8 Å². The number of nitriles is 1. The van der Waals surface area contributed by atoms with Crippen LogP contribution in [0.25, 0.3) is 0 Å². The Morgan fingerprint density at radius 2 is 2.00 bits per heavy atom. The van der Waals surface area contributed by atoms with Gasteiger partial charge in [-0.2, -0.15) is 5.26 Å². The minimum atomic E-state index is 0.362. The van der Waals surface area contributed by atoms with Gasteiger partial charge in [-0.15, -0.1) is 0 Å². The highest BCUT2D eigenvalue weighted by molar-refractivity contribution is 6.32. The van der Waals surface area contributed by atoms with Gasteiger partial charge < -0.3 is 15.8 Å². The quantitative estimate of drug-likeness (QED) is 0.836. The Kier molecular flexibility index (Phi) is 4.34. The molecule has 2 aromatic carbocycles. The van der Waals surface area contributed by atoms with Crippen LogP contribution >= 0.6 is 11.6 Å². The van der Waals surface area contributed by atoms with E-state index in [0.717, 1.165) is 11.4 Å². The summed E-state index contributed by atoms with van der Waals surface area (Å²) in [6.07, 6.45) is 0. The molecule has 2 aromatic rings. The molecule has 0 saturated carbocycles. The first-order chi connectivity index (χ1) is 9.63. The van der Waals surface area contributed by atoms with Gasteiger partial charge >= 0.3 is 0 Å². The number of benzene rings is 2. The number of halogens is 1. The van der Waals surface area contributed by atoms with E-state index in [1.807, 2.05) is 37.3 Å². The van der Waals surface area contributed by atoms with Crippen molar-refractivity contribution in [2.45, 2.75) is 6.92 Å². The van der Waals surface area contributed by atoms with Crippen LogP contribution in [-0.2, 0) is 0 Å². The van der Waals surface area contributed by atoms with Crippen LogP contribution in [0.2, 0.25) is 5.02 Å². The highest BCUT2D eigenvalue weighted by Crippen LogP contribution is 2.30. The molecule has 0 unspecified atom stereocenters. The maximum atomic E-state index is 8.88. The lowest BCUT2D eigenvalue weighted by Gasteiger charge is -2.11. The van der Waals surface area contributed by atoms with Crippen molar-refractivity contribution in [3.05, 3.63) is 47.0 Å². The second-order valence-corrected chi connectivity index (χ2v) is 4.52. The Bertz CT molecular complexity index is 647. The second kappa shape index (κ2) is 6.18. The lowest BCUT2D eigenvalue weighted by atomic mass is 10.2. The summed E-state index contributed by atoms with van der Waals surface area (Å²) in [6.45, 7) is 2.57. The van der Waals surface area contributed by atoms with Crippen molar-refractivity contribution in [3.8, 4) is 11.8 Å². The fourth-order valence-electron chi connectivity index (χ4n) is 1.74. The zero-order valence-corrected chi connectivity index (χ0v) is 11.7. The lowest BCUT2D eigenvalue weighted by molar-refractivity contribution is 0.340. The molecule has 0 radical (unpaired) electrons. The second-order valence-electron chi connectivity index (χ2n) is 4.11. The molecule has 0 atom stereocenters. The summed E-state index contributed by atoms with van der Waals surface area (Å²) >= 11 is 6.00. The molecule has 0 aliphatic carbocycles. The van der Waals surface area contributed by atoms with E-state index in [1.165, 1.54) is 0 Å². The van der Waals surface area contributed by atoms with E-state index in [2.05, 4.69) is 5.32 Å². The van der Waals surface area contributed by atoms with E-state index in [1.54, 1.807) is 12.1 Å². The van der Waals surface area contributed by atoms with Crippen molar-refractivity contribution >= 4 is 28.7 Å². The molecular formula is C15H14ClN3O. The van der Waals surface area contributed by atoms with E-state index in [-0.39, 0.29) is 0 Å². The summed E-state index contributed by atoms with van der Waals surface area (Å²) < 4.78 is 5.37. The fourth-order valence-corrected chi connectivity index (χ4v) is 1.95. The predicted molar refractivity (Wildman–Crippen MR) is 81.5 cm³/mol. The minimum absolute atomic E-state index is 0.362. The number of nitrogens with two attached hydrogens (primary N) is 1. The molecule has 0 spiro atoms. The Labute approximate surface area is 122 Å². The topological polar surface area (TPSA) is 71.1 Å². The Balaban J connectivity index is 2.22. The zero-order valence-electron chi connectivity index (χ0n) is 11.0. The third-order valence-corrected chi connectivity index (χ3v) is 3.02. The Morgan fingerprint density at radius 1 is 1.30 bits per heavy atom. The zero-order chi connectivity index (χ0) is 14.5.